The van der Waals surface area contributed by atoms with Gasteiger partial charge in [0.2, 0.25) is 5.91 Å². The van der Waals surface area contributed by atoms with Crippen LogP contribution in [0.4, 0.5) is 5.69 Å². The SMILES string of the molecule is COc1cc(Cl)c(NC(=O)C(N)c2cccs2)cc1OC. The molecule has 0 spiro atoms. The van der Waals surface area contributed by atoms with Gasteiger partial charge in [0.05, 0.1) is 24.9 Å². The molecule has 0 aliphatic heterocycles. The molecular formula is C14H15ClN2O3S. The van der Waals surface area contributed by atoms with Crippen molar-refractivity contribution in [3.05, 3.63) is 39.5 Å². The highest BCUT2D eigenvalue weighted by Crippen LogP contribution is 2.36. The number of carbonyl (C=O) groups excluding carboxylic acids is 1. The van der Waals surface area contributed by atoms with Crippen LogP contribution in [0.25, 0.3) is 0 Å². The van der Waals surface area contributed by atoms with E-state index in [1.165, 1.54) is 25.6 Å². The van der Waals surface area contributed by atoms with Crippen molar-refractivity contribution >= 4 is 34.5 Å². The van der Waals surface area contributed by atoms with Crippen molar-refractivity contribution in [1.29, 1.82) is 0 Å². The predicted octanol–water partition coefficient (Wildman–Crippen LogP) is 3.06. The molecule has 0 fully saturated rings. The van der Waals surface area contributed by atoms with Crippen molar-refractivity contribution in [3.63, 3.8) is 0 Å². The second-order valence-corrected chi connectivity index (χ2v) is 5.56. The number of hydrogen-bond donors (Lipinski definition) is 2. The number of rotatable bonds is 5. The molecule has 1 atom stereocenters. The number of benzene rings is 1. The van der Waals surface area contributed by atoms with Crippen LogP contribution in [0.5, 0.6) is 11.5 Å². The van der Waals surface area contributed by atoms with Crippen molar-refractivity contribution in [1.82, 2.24) is 0 Å². The number of anilines is 1. The lowest BCUT2D eigenvalue weighted by Gasteiger charge is -2.14. The lowest BCUT2D eigenvalue weighted by molar-refractivity contribution is -0.117. The minimum atomic E-state index is -0.742. The zero-order valence-corrected chi connectivity index (χ0v) is 13.1. The second kappa shape index (κ2) is 6.80. The first-order valence-corrected chi connectivity index (χ1v) is 7.34. The van der Waals surface area contributed by atoms with Gasteiger partial charge >= 0.3 is 0 Å². The molecule has 1 unspecified atom stereocenters. The molecule has 0 saturated carbocycles. The van der Waals surface area contributed by atoms with Gasteiger partial charge in [0.1, 0.15) is 6.04 Å². The van der Waals surface area contributed by atoms with E-state index in [0.717, 1.165) is 4.88 Å². The van der Waals surface area contributed by atoms with Crippen LogP contribution < -0.4 is 20.5 Å². The highest BCUT2D eigenvalue weighted by Gasteiger charge is 2.19. The molecule has 3 N–H and O–H groups in total. The molecule has 5 nitrogen and oxygen atoms in total. The van der Waals surface area contributed by atoms with Gasteiger partial charge in [-0.05, 0) is 11.4 Å². The highest BCUT2D eigenvalue weighted by molar-refractivity contribution is 7.10. The largest absolute Gasteiger partial charge is 0.493 e. The molecule has 1 aromatic heterocycles. The summed E-state index contributed by atoms with van der Waals surface area (Å²) in [7, 11) is 3.02. The molecule has 112 valence electrons. The van der Waals surface area contributed by atoms with Crippen LogP contribution in [0.3, 0.4) is 0 Å². The molecule has 2 rings (SSSR count). The average molecular weight is 327 g/mol. The Kier molecular flexibility index (Phi) is 5.06. The minimum absolute atomic E-state index is 0.341. The Morgan fingerprint density at radius 2 is 2.00 bits per heavy atom. The first kappa shape index (κ1) is 15.6. The zero-order chi connectivity index (χ0) is 15.4. The van der Waals surface area contributed by atoms with E-state index < -0.39 is 6.04 Å². The van der Waals surface area contributed by atoms with Crippen LogP contribution in [-0.2, 0) is 4.79 Å². The van der Waals surface area contributed by atoms with Crippen LogP contribution in [0.1, 0.15) is 10.9 Å². The van der Waals surface area contributed by atoms with E-state index in [1.807, 2.05) is 17.5 Å². The van der Waals surface area contributed by atoms with E-state index in [1.54, 1.807) is 12.1 Å². The summed E-state index contributed by atoms with van der Waals surface area (Å²) in [5.41, 5.74) is 6.33. The number of carbonyl (C=O) groups is 1. The quantitative estimate of drug-likeness (QED) is 0.885. The standard InChI is InChI=1S/C14H15ClN2O3S/c1-19-10-6-8(15)9(7-11(10)20-2)17-14(18)13(16)12-4-3-5-21-12/h3-7,13H,16H2,1-2H3,(H,17,18). The van der Waals surface area contributed by atoms with Crippen LogP contribution >= 0.6 is 22.9 Å². The van der Waals surface area contributed by atoms with E-state index in [-0.39, 0.29) is 5.91 Å². The number of halogens is 1. The Bertz CT molecular complexity index is 631. The molecule has 21 heavy (non-hydrogen) atoms. The highest BCUT2D eigenvalue weighted by atomic mass is 35.5. The van der Waals surface area contributed by atoms with Crippen molar-refractivity contribution in [2.75, 3.05) is 19.5 Å². The summed E-state index contributed by atoms with van der Waals surface area (Å²) in [5.74, 6) is 0.622. The Morgan fingerprint density at radius 3 is 2.57 bits per heavy atom. The topological polar surface area (TPSA) is 73.6 Å². The van der Waals surface area contributed by atoms with Gasteiger partial charge in [-0.2, -0.15) is 0 Å². The van der Waals surface area contributed by atoms with Gasteiger partial charge in [-0.25, -0.2) is 0 Å². The molecular weight excluding hydrogens is 312 g/mol. The lowest BCUT2D eigenvalue weighted by Crippen LogP contribution is -2.27. The summed E-state index contributed by atoms with van der Waals surface area (Å²) < 4.78 is 10.3. The van der Waals surface area contributed by atoms with Gasteiger partial charge in [0.15, 0.2) is 11.5 Å². The number of amides is 1. The molecule has 1 aromatic carbocycles. The first-order chi connectivity index (χ1) is 10.1. The summed E-state index contributed by atoms with van der Waals surface area (Å²) in [4.78, 5) is 12.9. The van der Waals surface area contributed by atoms with Gasteiger partial charge in [0, 0.05) is 17.0 Å². The Hall–Kier alpha value is -1.76. The summed E-state index contributed by atoms with van der Waals surface area (Å²) >= 11 is 7.55. The Morgan fingerprint density at radius 1 is 1.33 bits per heavy atom. The number of nitrogens with two attached hydrogens (primary N) is 1. The fourth-order valence-electron chi connectivity index (χ4n) is 1.76. The monoisotopic (exact) mass is 326 g/mol. The number of nitrogens with one attached hydrogen (secondary N) is 1. The van der Waals surface area contributed by atoms with E-state index in [4.69, 9.17) is 26.8 Å². The predicted molar refractivity (Wildman–Crippen MR) is 84.4 cm³/mol. The maximum Gasteiger partial charge on any atom is 0.246 e. The normalized spacial score (nSPS) is 11.8. The zero-order valence-electron chi connectivity index (χ0n) is 11.6. The fourth-order valence-corrected chi connectivity index (χ4v) is 2.68. The smallest absolute Gasteiger partial charge is 0.246 e. The number of ether oxygens (including phenoxy) is 2. The van der Waals surface area contributed by atoms with Crippen LogP contribution in [0.2, 0.25) is 5.02 Å². The maximum atomic E-state index is 12.2. The van der Waals surface area contributed by atoms with E-state index in [0.29, 0.717) is 22.2 Å². The Balaban J connectivity index is 2.21. The molecule has 0 aliphatic carbocycles. The molecule has 0 bridgehead atoms. The summed E-state index contributed by atoms with van der Waals surface area (Å²) in [6.45, 7) is 0. The maximum absolute atomic E-state index is 12.2. The van der Waals surface area contributed by atoms with Crippen molar-refractivity contribution < 1.29 is 14.3 Å². The van der Waals surface area contributed by atoms with E-state index >= 15 is 0 Å². The number of thiophene rings is 1. The summed E-state index contributed by atoms with van der Waals surface area (Å²) in [5, 5.41) is 4.91. The molecule has 2 aromatic rings. The molecule has 1 amide bonds. The van der Waals surface area contributed by atoms with Crippen LogP contribution in [-0.4, -0.2) is 20.1 Å². The summed E-state index contributed by atoms with van der Waals surface area (Å²) in [6, 6.07) is 6.09. The lowest BCUT2D eigenvalue weighted by atomic mass is 10.2. The van der Waals surface area contributed by atoms with Gasteiger partial charge in [-0.3, -0.25) is 4.79 Å². The first-order valence-electron chi connectivity index (χ1n) is 6.08. The number of hydrogen-bond acceptors (Lipinski definition) is 5. The Labute approximate surface area is 131 Å². The van der Waals surface area contributed by atoms with Crippen molar-refractivity contribution in [2.24, 2.45) is 5.73 Å². The third-order valence-electron chi connectivity index (χ3n) is 2.86. The number of methoxy groups -OCH3 is 2. The minimum Gasteiger partial charge on any atom is -0.493 e. The molecule has 7 heteroatoms. The molecule has 1 heterocycles. The molecule has 0 radical (unpaired) electrons. The van der Waals surface area contributed by atoms with E-state index in [9.17, 15) is 4.79 Å². The van der Waals surface area contributed by atoms with Gasteiger partial charge in [0.25, 0.3) is 0 Å². The van der Waals surface area contributed by atoms with Gasteiger partial charge in [-0.15, -0.1) is 11.3 Å². The van der Waals surface area contributed by atoms with Crippen molar-refractivity contribution in [2.45, 2.75) is 6.04 Å². The average Bonchev–Trinajstić information content (AvgIpc) is 3.02. The van der Waals surface area contributed by atoms with Crippen LogP contribution in [0.15, 0.2) is 29.6 Å². The van der Waals surface area contributed by atoms with Gasteiger partial charge in [-0.1, -0.05) is 17.7 Å². The third kappa shape index (κ3) is 3.47. The molecule has 0 saturated heterocycles. The third-order valence-corrected chi connectivity index (χ3v) is 4.13. The fraction of sp³-hybridized carbons (Fsp3) is 0.214. The van der Waals surface area contributed by atoms with Gasteiger partial charge < -0.3 is 20.5 Å². The second-order valence-electron chi connectivity index (χ2n) is 4.17. The molecule has 0 aliphatic rings. The van der Waals surface area contributed by atoms with Crippen molar-refractivity contribution in [3.8, 4) is 11.5 Å². The van der Waals surface area contributed by atoms with Crippen LogP contribution in [0, 0.1) is 0 Å². The summed E-state index contributed by atoms with van der Waals surface area (Å²) in [6.07, 6.45) is 0. The van der Waals surface area contributed by atoms with E-state index in [2.05, 4.69) is 5.32 Å².